The lowest BCUT2D eigenvalue weighted by molar-refractivity contribution is 0.625. The molecule has 2 aromatic carbocycles. The van der Waals surface area contributed by atoms with Crippen molar-refractivity contribution in [3.05, 3.63) is 65.6 Å². The van der Waals surface area contributed by atoms with E-state index in [9.17, 15) is 4.39 Å². The molecule has 0 bridgehead atoms. The van der Waals surface area contributed by atoms with Crippen molar-refractivity contribution in [2.75, 3.05) is 11.9 Å². The Balaban J connectivity index is 1.66. The lowest BCUT2D eigenvalue weighted by atomic mass is 10.1. The van der Waals surface area contributed by atoms with Gasteiger partial charge in [-0.25, -0.2) is 9.37 Å². The van der Waals surface area contributed by atoms with Crippen LogP contribution in [-0.4, -0.2) is 16.5 Å². The quantitative estimate of drug-likeness (QED) is 0.791. The summed E-state index contributed by atoms with van der Waals surface area (Å²) in [5.41, 5.74) is 3.87. The van der Waals surface area contributed by atoms with Gasteiger partial charge in [-0.15, -0.1) is 0 Å². The molecule has 1 N–H and O–H groups in total. The van der Waals surface area contributed by atoms with Gasteiger partial charge in [-0.3, -0.25) is 4.98 Å². The van der Waals surface area contributed by atoms with Crippen LogP contribution in [0.25, 0.3) is 11.0 Å². The van der Waals surface area contributed by atoms with Crippen molar-refractivity contribution in [3.63, 3.8) is 0 Å². The first kappa shape index (κ1) is 13.5. The standard InChI is InChI=1S/C17H16FN3/c1-12-10-14(18)7-6-13(12)8-9-19-17-11-20-15-4-2-3-5-16(15)21-17/h2-7,10-11H,8-9H2,1H3,(H,19,21). The molecule has 0 saturated carbocycles. The van der Waals surface area contributed by atoms with Crippen LogP contribution in [0.2, 0.25) is 0 Å². The average Bonchev–Trinajstić information content (AvgIpc) is 2.49. The number of hydrogen-bond acceptors (Lipinski definition) is 3. The van der Waals surface area contributed by atoms with E-state index in [0.717, 1.165) is 40.9 Å². The molecule has 106 valence electrons. The summed E-state index contributed by atoms with van der Waals surface area (Å²) < 4.78 is 13.0. The molecule has 0 aliphatic carbocycles. The van der Waals surface area contributed by atoms with E-state index in [4.69, 9.17) is 0 Å². The smallest absolute Gasteiger partial charge is 0.145 e. The number of para-hydroxylation sites is 2. The molecule has 0 aliphatic heterocycles. The Kier molecular flexibility index (Phi) is 3.77. The summed E-state index contributed by atoms with van der Waals surface area (Å²) in [6.45, 7) is 2.66. The lowest BCUT2D eigenvalue weighted by Gasteiger charge is -2.08. The van der Waals surface area contributed by atoms with Gasteiger partial charge in [0.15, 0.2) is 0 Å². The molecular weight excluding hydrogens is 265 g/mol. The van der Waals surface area contributed by atoms with Gasteiger partial charge in [0.25, 0.3) is 0 Å². The molecule has 0 spiro atoms. The Hall–Kier alpha value is -2.49. The number of rotatable bonds is 4. The Morgan fingerprint density at radius 1 is 1.10 bits per heavy atom. The van der Waals surface area contributed by atoms with E-state index in [1.807, 2.05) is 37.3 Å². The summed E-state index contributed by atoms with van der Waals surface area (Å²) in [7, 11) is 0. The van der Waals surface area contributed by atoms with Gasteiger partial charge in [-0.1, -0.05) is 18.2 Å². The molecule has 1 heterocycles. The van der Waals surface area contributed by atoms with Crippen LogP contribution in [-0.2, 0) is 6.42 Å². The third kappa shape index (κ3) is 3.16. The van der Waals surface area contributed by atoms with E-state index < -0.39 is 0 Å². The maximum atomic E-state index is 13.0. The number of aryl methyl sites for hydroxylation is 1. The van der Waals surface area contributed by atoms with Crippen LogP contribution < -0.4 is 5.32 Å². The van der Waals surface area contributed by atoms with E-state index in [-0.39, 0.29) is 5.82 Å². The van der Waals surface area contributed by atoms with Gasteiger partial charge in [0.1, 0.15) is 11.6 Å². The molecule has 3 aromatic rings. The molecule has 0 amide bonds. The minimum Gasteiger partial charge on any atom is -0.368 e. The Bertz CT molecular complexity index is 771. The number of nitrogens with one attached hydrogen (secondary N) is 1. The highest BCUT2D eigenvalue weighted by Gasteiger charge is 2.02. The predicted octanol–water partition coefficient (Wildman–Crippen LogP) is 3.73. The number of halogens is 1. The highest BCUT2D eigenvalue weighted by Crippen LogP contribution is 2.13. The fourth-order valence-corrected chi connectivity index (χ4v) is 2.31. The van der Waals surface area contributed by atoms with E-state index >= 15 is 0 Å². The molecule has 0 atom stereocenters. The maximum Gasteiger partial charge on any atom is 0.145 e. The van der Waals surface area contributed by atoms with Crippen LogP contribution in [0, 0.1) is 12.7 Å². The maximum absolute atomic E-state index is 13.0. The molecule has 0 saturated heterocycles. The van der Waals surface area contributed by atoms with Crippen molar-refractivity contribution in [2.24, 2.45) is 0 Å². The molecule has 0 radical (unpaired) electrons. The monoisotopic (exact) mass is 281 g/mol. The molecule has 4 heteroatoms. The first-order valence-corrected chi connectivity index (χ1v) is 6.93. The number of fused-ring (bicyclic) bond motifs is 1. The SMILES string of the molecule is Cc1cc(F)ccc1CCNc1cnc2ccccc2n1. The molecule has 0 aliphatic rings. The van der Waals surface area contributed by atoms with Crippen molar-refractivity contribution in [2.45, 2.75) is 13.3 Å². The number of nitrogens with zero attached hydrogens (tertiary/aromatic N) is 2. The summed E-state index contributed by atoms with van der Waals surface area (Å²) in [6.07, 6.45) is 2.56. The van der Waals surface area contributed by atoms with Crippen LogP contribution in [0.5, 0.6) is 0 Å². The zero-order valence-corrected chi connectivity index (χ0v) is 11.8. The van der Waals surface area contributed by atoms with Crippen LogP contribution in [0.15, 0.2) is 48.7 Å². The van der Waals surface area contributed by atoms with Crippen molar-refractivity contribution >= 4 is 16.9 Å². The Morgan fingerprint density at radius 3 is 2.71 bits per heavy atom. The molecule has 3 rings (SSSR count). The summed E-state index contributed by atoms with van der Waals surface area (Å²) in [4.78, 5) is 8.87. The Labute approximate surface area is 122 Å². The van der Waals surface area contributed by atoms with E-state index in [1.54, 1.807) is 12.3 Å². The largest absolute Gasteiger partial charge is 0.368 e. The molecular formula is C17H16FN3. The molecule has 0 unspecified atom stereocenters. The van der Waals surface area contributed by atoms with E-state index in [1.165, 1.54) is 6.07 Å². The van der Waals surface area contributed by atoms with Gasteiger partial charge in [0, 0.05) is 6.54 Å². The van der Waals surface area contributed by atoms with Gasteiger partial charge >= 0.3 is 0 Å². The third-order valence-corrected chi connectivity index (χ3v) is 3.45. The third-order valence-electron chi connectivity index (χ3n) is 3.45. The first-order valence-electron chi connectivity index (χ1n) is 6.93. The summed E-state index contributed by atoms with van der Waals surface area (Å²) in [5.74, 6) is 0.568. The second kappa shape index (κ2) is 5.87. The topological polar surface area (TPSA) is 37.8 Å². The summed E-state index contributed by atoms with van der Waals surface area (Å²) >= 11 is 0. The fourth-order valence-electron chi connectivity index (χ4n) is 2.31. The van der Waals surface area contributed by atoms with Gasteiger partial charge in [0.2, 0.25) is 0 Å². The minimum atomic E-state index is -0.190. The van der Waals surface area contributed by atoms with Crippen molar-refractivity contribution < 1.29 is 4.39 Å². The molecule has 0 fully saturated rings. The average molecular weight is 281 g/mol. The first-order chi connectivity index (χ1) is 10.2. The highest BCUT2D eigenvalue weighted by molar-refractivity contribution is 5.75. The van der Waals surface area contributed by atoms with Gasteiger partial charge in [0.05, 0.1) is 17.2 Å². The fraction of sp³-hybridized carbons (Fsp3) is 0.176. The van der Waals surface area contributed by atoms with Crippen LogP contribution in [0.3, 0.4) is 0 Å². The summed E-state index contributed by atoms with van der Waals surface area (Å²) in [6, 6.07) is 12.7. The normalized spacial score (nSPS) is 10.8. The van der Waals surface area contributed by atoms with Crippen LogP contribution in [0.1, 0.15) is 11.1 Å². The predicted molar refractivity (Wildman–Crippen MR) is 82.9 cm³/mol. The number of anilines is 1. The zero-order chi connectivity index (χ0) is 14.7. The number of aromatic nitrogens is 2. The summed E-state index contributed by atoms with van der Waals surface area (Å²) in [5, 5.41) is 3.26. The number of hydrogen-bond donors (Lipinski definition) is 1. The lowest BCUT2D eigenvalue weighted by Crippen LogP contribution is -2.07. The van der Waals surface area contributed by atoms with Crippen molar-refractivity contribution in [1.29, 1.82) is 0 Å². The molecule has 3 nitrogen and oxygen atoms in total. The number of benzene rings is 2. The second-order valence-corrected chi connectivity index (χ2v) is 4.99. The van der Waals surface area contributed by atoms with Crippen molar-refractivity contribution in [1.82, 2.24) is 9.97 Å². The van der Waals surface area contributed by atoms with Gasteiger partial charge in [-0.2, -0.15) is 0 Å². The minimum absolute atomic E-state index is 0.190. The Morgan fingerprint density at radius 2 is 1.90 bits per heavy atom. The second-order valence-electron chi connectivity index (χ2n) is 4.99. The van der Waals surface area contributed by atoms with E-state index in [2.05, 4.69) is 15.3 Å². The highest BCUT2D eigenvalue weighted by atomic mass is 19.1. The van der Waals surface area contributed by atoms with Crippen molar-refractivity contribution in [3.8, 4) is 0 Å². The van der Waals surface area contributed by atoms with Gasteiger partial charge in [-0.05, 0) is 48.7 Å². The van der Waals surface area contributed by atoms with Crippen LogP contribution >= 0.6 is 0 Å². The zero-order valence-electron chi connectivity index (χ0n) is 11.8. The van der Waals surface area contributed by atoms with Gasteiger partial charge < -0.3 is 5.32 Å². The molecule has 21 heavy (non-hydrogen) atoms. The van der Waals surface area contributed by atoms with Crippen LogP contribution in [0.4, 0.5) is 10.2 Å². The molecule has 1 aromatic heterocycles. The van der Waals surface area contributed by atoms with E-state index in [0.29, 0.717) is 0 Å².